The molecule has 4 nitrogen and oxygen atoms in total. The standard InChI is InChI=1S/C11H13Cl2NO3S/c12-9-2-1-3-10(13)11(9)18(16,17)14(6-7-15)8-4-5-8/h1-3,8,15H,4-7H2. The van der Waals surface area contributed by atoms with Crippen molar-refractivity contribution in [2.45, 2.75) is 23.8 Å². The average molecular weight is 310 g/mol. The fraction of sp³-hybridized carbons (Fsp3) is 0.455. The van der Waals surface area contributed by atoms with E-state index in [4.69, 9.17) is 28.3 Å². The molecule has 0 spiro atoms. The molecule has 1 aliphatic rings. The largest absolute Gasteiger partial charge is 0.395 e. The van der Waals surface area contributed by atoms with Crippen LogP contribution in [0.5, 0.6) is 0 Å². The molecule has 1 aliphatic carbocycles. The molecular formula is C11H13Cl2NO3S. The lowest BCUT2D eigenvalue weighted by Gasteiger charge is -2.22. The van der Waals surface area contributed by atoms with Crippen molar-refractivity contribution in [1.82, 2.24) is 4.31 Å². The van der Waals surface area contributed by atoms with Crippen LogP contribution in [-0.4, -0.2) is 37.0 Å². The molecule has 1 fully saturated rings. The molecule has 100 valence electrons. The van der Waals surface area contributed by atoms with Crippen molar-refractivity contribution < 1.29 is 13.5 Å². The molecule has 7 heteroatoms. The summed E-state index contributed by atoms with van der Waals surface area (Å²) in [7, 11) is -3.75. The Kier molecular flexibility index (Phi) is 4.18. The van der Waals surface area contributed by atoms with Crippen molar-refractivity contribution in [3.8, 4) is 0 Å². The van der Waals surface area contributed by atoms with Gasteiger partial charge in [0.25, 0.3) is 0 Å². The summed E-state index contributed by atoms with van der Waals surface area (Å²) in [6.07, 6.45) is 1.61. The summed E-state index contributed by atoms with van der Waals surface area (Å²) in [5, 5.41) is 9.20. The summed E-state index contributed by atoms with van der Waals surface area (Å²) < 4.78 is 26.3. The number of hydrogen-bond acceptors (Lipinski definition) is 3. The molecule has 0 bridgehead atoms. The molecule has 0 atom stereocenters. The molecule has 0 amide bonds. The lowest BCUT2D eigenvalue weighted by molar-refractivity contribution is 0.250. The summed E-state index contributed by atoms with van der Waals surface area (Å²) in [5.41, 5.74) is 0. The minimum atomic E-state index is -3.75. The quantitative estimate of drug-likeness (QED) is 0.906. The Morgan fingerprint density at radius 1 is 1.28 bits per heavy atom. The first kappa shape index (κ1) is 14.1. The van der Waals surface area contributed by atoms with Gasteiger partial charge in [-0.25, -0.2) is 8.42 Å². The molecule has 1 saturated carbocycles. The van der Waals surface area contributed by atoms with E-state index in [0.717, 1.165) is 12.8 Å². The van der Waals surface area contributed by atoms with E-state index in [-0.39, 0.29) is 34.1 Å². The third-order valence-electron chi connectivity index (χ3n) is 2.76. The fourth-order valence-corrected chi connectivity index (χ4v) is 4.58. The normalized spacial score (nSPS) is 16.2. The maximum atomic E-state index is 12.5. The Labute approximate surface area is 116 Å². The van der Waals surface area contributed by atoms with Gasteiger partial charge in [-0.15, -0.1) is 0 Å². The molecule has 0 heterocycles. The fourth-order valence-electron chi connectivity index (χ4n) is 1.81. The highest BCUT2D eigenvalue weighted by Gasteiger charge is 2.39. The van der Waals surface area contributed by atoms with Gasteiger partial charge in [-0.3, -0.25) is 0 Å². The highest BCUT2D eigenvalue weighted by molar-refractivity contribution is 7.89. The predicted octanol–water partition coefficient (Wildman–Crippen LogP) is 2.14. The maximum Gasteiger partial charge on any atom is 0.246 e. The van der Waals surface area contributed by atoms with Crippen LogP contribution >= 0.6 is 23.2 Å². The Balaban J connectivity index is 2.46. The lowest BCUT2D eigenvalue weighted by atomic mass is 10.4. The maximum absolute atomic E-state index is 12.5. The molecule has 0 radical (unpaired) electrons. The highest BCUT2D eigenvalue weighted by atomic mass is 35.5. The molecule has 18 heavy (non-hydrogen) atoms. The van der Waals surface area contributed by atoms with Crippen molar-refractivity contribution in [2.24, 2.45) is 0 Å². The molecule has 1 aromatic rings. The highest BCUT2D eigenvalue weighted by Crippen LogP contribution is 2.36. The smallest absolute Gasteiger partial charge is 0.246 e. The minimum absolute atomic E-state index is 0.0468. The van der Waals surface area contributed by atoms with Crippen LogP contribution in [0.15, 0.2) is 23.1 Å². The number of benzene rings is 1. The van der Waals surface area contributed by atoms with E-state index in [0.29, 0.717) is 0 Å². The molecule has 0 saturated heterocycles. The van der Waals surface area contributed by atoms with Gasteiger partial charge in [0.2, 0.25) is 10.0 Å². The summed E-state index contributed by atoms with van der Waals surface area (Å²) in [6, 6.07) is 4.53. The Hall–Kier alpha value is -0.330. The molecule has 1 N–H and O–H groups in total. The SMILES string of the molecule is O=S(=O)(c1c(Cl)cccc1Cl)N(CCO)C1CC1. The first-order valence-corrected chi connectivity index (χ1v) is 7.75. The van der Waals surface area contributed by atoms with Crippen LogP contribution in [0.1, 0.15) is 12.8 Å². The zero-order valence-corrected chi connectivity index (χ0v) is 11.8. The second-order valence-corrected chi connectivity index (χ2v) is 6.76. The van der Waals surface area contributed by atoms with Gasteiger partial charge in [0.15, 0.2) is 0 Å². The molecule has 0 aromatic heterocycles. The van der Waals surface area contributed by atoms with E-state index < -0.39 is 10.0 Å². The summed E-state index contributed by atoms with van der Waals surface area (Å²) in [5.74, 6) is 0. The average Bonchev–Trinajstić information content (AvgIpc) is 3.08. The molecule has 0 unspecified atom stereocenters. The Bertz CT molecular complexity index is 523. The molecule has 1 aromatic carbocycles. The van der Waals surface area contributed by atoms with Crippen LogP contribution in [-0.2, 0) is 10.0 Å². The van der Waals surface area contributed by atoms with E-state index in [1.54, 1.807) is 6.07 Å². The van der Waals surface area contributed by atoms with Crippen molar-refractivity contribution >= 4 is 33.2 Å². The zero-order valence-electron chi connectivity index (χ0n) is 9.51. The van der Waals surface area contributed by atoms with Gasteiger partial charge in [0.05, 0.1) is 16.7 Å². The lowest BCUT2D eigenvalue weighted by Crippen LogP contribution is -2.35. The zero-order chi connectivity index (χ0) is 13.3. The van der Waals surface area contributed by atoms with E-state index in [2.05, 4.69) is 0 Å². The van der Waals surface area contributed by atoms with E-state index in [1.807, 2.05) is 0 Å². The predicted molar refractivity (Wildman–Crippen MR) is 70.5 cm³/mol. The van der Waals surface area contributed by atoms with E-state index in [1.165, 1.54) is 16.4 Å². The first-order valence-electron chi connectivity index (χ1n) is 5.55. The van der Waals surface area contributed by atoms with Crippen molar-refractivity contribution in [2.75, 3.05) is 13.2 Å². The van der Waals surface area contributed by atoms with Crippen molar-refractivity contribution in [1.29, 1.82) is 0 Å². The van der Waals surface area contributed by atoms with Crippen molar-refractivity contribution in [3.05, 3.63) is 28.2 Å². The van der Waals surface area contributed by atoms with Crippen LogP contribution in [0, 0.1) is 0 Å². The number of sulfonamides is 1. The Morgan fingerprint density at radius 3 is 2.28 bits per heavy atom. The number of nitrogens with zero attached hydrogens (tertiary/aromatic N) is 1. The van der Waals surface area contributed by atoms with Gasteiger partial charge in [0.1, 0.15) is 4.90 Å². The number of aliphatic hydroxyl groups is 1. The number of rotatable bonds is 5. The number of hydrogen-bond donors (Lipinski definition) is 1. The first-order chi connectivity index (χ1) is 8.48. The number of aliphatic hydroxyl groups excluding tert-OH is 1. The van der Waals surface area contributed by atoms with Gasteiger partial charge in [0, 0.05) is 12.6 Å². The summed E-state index contributed by atoms with van der Waals surface area (Å²) in [6.45, 7) is -0.160. The minimum Gasteiger partial charge on any atom is -0.395 e. The van der Waals surface area contributed by atoms with E-state index in [9.17, 15) is 8.42 Å². The van der Waals surface area contributed by atoms with Gasteiger partial charge >= 0.3 is 0 Å². The van der Waals surface area contributed by atoms with Gasteiger partial charge in [-0.1, -0.05) is 29.3 Å². The van der Waals surface area contributed by atoms with Crippen LogP contribution < -0.4 is 0 Å². The molecule has 0 aliphatic heterocycles. The summed E-state index contributed by atoms with van der Waals surface area (Å²) in [4.78, 5) is -0.0753. The van der Waals surface area contributed by atoms with Crippen LogP contribution in [0.3, 0.4) is 0 Å². The third-order valence-corrected chi connectivity index (χ3v) is 5.67. The van der Waals surface area contributed by atoms with Crippen LogP contribution in [0.4, 0.5) is 0 Å². The molecule has 2 rings (SSSR count). The topological polar surface area (TPSA) is 57.6 Å². The Morgan fingerprint density at radius 2 is 1.83 bits per heavy atom. The summed E-state index contributed by atoms with van der Waals surface area (Å²) >= 11 is 11.9. The van der Waals surface area contributed by atoms with Crippen molar-refractivity contribution in [3.63, 3.8) is 0 Å². The van der Waals surface area contributed by atoms with Crippen LogP contribution in [0.25, 0.3) is 0 Å². The molecular weight excluding hydrogens is 297 g/mol. The van der Waals surface area contributed by atoms with Crippen LogP contribution in [0.2, 0.25) is 10.0 Å². The third kappa shape index (κ3) is 2.65. The van der Waals surface area contributed by atoms with Gasteiger partial charge < -0.3 is 5.11 Å². The monoisotopic (exact) mass is 309 g/mol. The number of halogens is 2. The van der Waals surface area contributed by atoms with Gasteiger partial charge in [-0.05, 0) is 25.0 Å². The second kappa shape index (κ2) is 5.35. The van der Waals surface area contributed by atoms with E-state index >= 15 is 0 Å². The van der Waals surface area contributed by atoms with Gasteiger partial charge in [-0.2, -0.15) is 4.31 Å². The second-order valence-electron chi connectivity index (χ2n) is 4.12.